The van der Waals surface area contributed by atoms with Gasteiger partial charge in [0.2, 0.25) is 0 Å². The van der Waals surface area contributed by atoms with Crippen molar-refractivity contribution < 1.29 is 9.53 Å². The summed E-state index contributed by atoms with van der Waals surface area (Å²) in [5.41, 5.74) is 3.06. The average Bonchev–Trinajstić information content (AvgIpc) is 3.52. The molecule has 0 saturated heterocycles. The number of ether oxygens (including phenoxy) is 1. The number of anilines is 1. The maximum Gasteiger partial charge on any atom is 0.270 e. The summed E-state index contributed by atoms with van der Waals surface area (Å²) in [6, 6.07) is 23.4. The van der Waals surface area contributed by atoms with Crippen LogP contribution in [0.15, 0.2) is 88.1 Å². The molecule has 0 unspecified atom stereocenters. The zero-order valence-electron chi connectivity index (χ0n) is 21.4. The molecule has 0 aliphatic rings. The lowest BCUT2D eigenvalue weighted by molar-refractivity contribution is 0.102. The van der Waals surface area contributed by atoms with Crippen molar-refractivity contribution in [2.75, 3.05) is 12.4 Å². The van der Waals surface area contributed by atoms with Gasteiger partial charge < -0.3 is 15.0 Å². The first-order valence-corrected chi connectivity index (χ1v) is 14.7. The van der Waals surface area contributed by atoms with Crippen LogP contribution in [-0.4, -0.2) is 23.0 Å². The fourth-order valence-electron chi connectivity index (χ4n) is 4.04. The molecule has 1 amide bonds. The highest BCUT2D eigenvalue weighted by molar-refractivity contribution is 7.98. The minimum absolute atomic E-state index is 0.0661. The van der Waals surface area contributed by atoms with Crippen LogP contribution in [0.2, 0.25) is 10.0 Å². The van der Waals surface area contributed by atoms with Crippen LogP contribution in [0, 0.1) is 11.3 Å². The van der Waals surface area contributed by atoms with E-state index in [1.165, 1.54) is 17.8 Å². The van der Waals surface area contributed by atoms with Crippen LogP contribution >= 0.6 is 46.3 Å². The number of carbonyl (C=O) groups excluding carboxylic acids is 1. The highest BCUT2D eigenvalue weighted by Gasteiger charge is 2.17. The zero-order valence-corrected chi connectivity index (χ0v) is 24.5. The van der Waals surface area contributed by atoms with E-state index in [9.17, 15) is 14.9 Å². The van der Waals surface area contributed by atoms with Gasteiger partial charge in [-0.2, -0.15) is 5.26 Å². The van der Waals surface area contributed by atoms with Gasteiger partial charge in [0.05, 0.1) is 22.8 Å². The van der Waals surface area contributed by atoms with Crippen LogP contribution < -0.4 is 15.6 Å². The Morgan fingerprint density at radius 2 is 1.95 bits per heavy atom. The second-order valence-electron chi connectivity index (χ2n) is 8.67. The van der Waals surface area contributed by atoms with Gasteiger partial charge in [0.1, 0.15) is 17.4 Å². The minimum Gasteiger partial charge on any atom is -0.496 e. The number of thiophene rings is 1. The Morgan fingerprint density at radius 3 is 2.68 bits per heavy atom. The molecule has 0 fully saturated rings. The Balaban J connectivity index is 1.38. The van der Waals surface area contributed by atoms with Crippen molar-refractivity contribution in [3.8, 4) is 33.5 Å². The van der Waals surface area contributed by atoms with E-state index in [0.29, 0.717) is 49.2 Å². The molecule has 2 N–H and O–H groups in total. The van der Waals surface area contributed by atoms with E-state index in [1.807, 2.05) is 47.8 Å². The van der Waals surface area contributed by atoms with Crippen molar-refractivity contribution in [2.45, 2.75) is 10.9 Å². The van der Waals surface area contributed by atoms with Crippen molar-refractivity contribution in [1.29, 1.82) is 5.26 Å². The van der Waals surface area contributed by atoms with Crippen LogP contribution in [0.25, 0.3) is 21.7 Å². The van der Waals surface area contributed by atoms with Crippen LogP contribution in [0.1, 0.15) is 21.5 Å². The van der Waals surface area contributed by atoms with Gasteiger partial charge in [-0.15, -0.1) is 11.3 Å². The van der Waals surface area contributed by atoms with E-state index in [4.69, 9.17) is 27.9 Å². The third-order valence-corrected chi connectivity index (χ3v) is 8.60. The molecule has 11 heteroatoms. The van der Waals surface area contributed by atoms with Gasteiger partial charge in [0.15, 0.2) is 5.16 Å². The molecule has 5 rings (SSSR count). The Labute approximate surface area is 253 Å². The van der Waals surface area contributed by atoms with E-state index in [2.05, 4.69) is 15.3 Å². The van der Waals surface area contributed by atoms with Crippen molar-refractivity contribution in [2.24, 2.45) is 0 Å². The zero-order chi connectivity index (χ0) is 28.9. The van der Waals surface area contributed by atoms with E-state index in [-0.39, 0.29) is 11.5 Å². The predicted octanol–water partition coefficient (Wildman–Crippen LogP) is 7.90. The molecular weight excluding hydrogens is 599 g/mol. The van der Waals surface area contributed by atoms with Crippen molar-refractivity contribution >= 4 is 57.9 Å². The molecule has 0 aliphatic carbocycles. The van der Waals surface area contributed by atoms with E-state index in [0.717, 1.165) is 16.0 Å². The Morgan fingerprint density at radius 1 is 1.10 bits per heavy atom. The number of H-pyrrole nitrogens is 1. The lowest BCUT2D eigenvalue weighted by Crippen LogP contribution is -2.15. The molecule has 2 aromatic heterocycles. The lowest BCUT2D eigenvalue weighted by Gasteiger charge is -2.11. The first kappa shape index (κ1) is 28.5. The third-order valence-electron chi connectivity index (χ3n) is 6.01. The number of rotatable bonds is 8. The highest BCUT2D eigenvalue weighted by atomic mass is 35.5. The normalized spacial score (nSPS) is 10.7. The molecule has 5 aromatic rings. The number of aromatic nitrogens is 2. The van der Waals surface area contributed by atoms with Crippen LogP contribution in [0.5, 0.6) is 5.75 Å². The molecular formula is C30H20Cl2N4O3S2. The van der Waals surface area contributed by atoms with Crippen LogP contribution in [0.4, 0.5) is 5.69 Å². The molecule has 3 aromatic carbocycles. The van der Waals surface area contributed by atoms with Crippen LogP contribution in [-0.2, 0) is 5.75 Å². The molecule has 0 radical (unpaired) electrons. The topological polar surface area (TPSA) is 108 Å². The molecule has 7 nitrogen and oxygen atoms in total. The van der Waals surface area contributed by atoms with Crippen molar-refractivity contribution in [3.63, 3.8) is 0 Å². The fourth-order valence-corrected chi connectivity index (χ4v) is 5.89. The number of nitrogens with one attached hydrogen (secondary N) is 2. The van der Waals surface area contributed by atoms with E-state index in [1.54, 1.807) is 48.8 Å². The van der Waals surface area contributed by atoms with Crippen LogP contribution in [0.3, 0.4) is 0 Å². The van der Waals surface area contributed by atoms with Gasteiger partial charge in [-0.3, -0.25) is 9.59 Å². The summed E-state index contributed by atoms with van der Waals surface area (Å²) in [5, 5.41) is 15.6. The number of nitriles is 1. The Hall–Kier alpha value is -4.07. The second kappa shape index (κ2) is 12.6. The Kier molecular flexibility index (Phi) is 8.76. The molecule has 0 aliphatic heterocycles. The number of carbonyl (C=O) groups is 1. The summed E-state index contributed by atoms with van der Waals surface area (Å²) in [6.45, 7) is 0. The first-order chi connectivity index (χ1) is 19.9. The molecule has 2 heterocycles. The third kappa shape index (κ3) is 6.47. The molecule has 0 spiro atoms. The monoisotopic (exact) mass is 618 g/mol. The number of thioether (sulfide) groups is 1. The number of aromatic amines is 1. The molecule has 204 valence electrons. The minimum atomic E-state index is -0.517. The van der Waals surface area contributed by atoms with E-state index < -0.39 is 5.56 Å². The predicted molar refractivity (Wildman–Crippen MR) is 165 cm³/mol. The van der Waals surface area contributed by atoms with Crippen molar-refractivity contribution in [1.82, 2.24) is 9.97 Å². The molecule has 0 bridgehead atoms. The summed E-state index contributed by atoms with van der Waals surface area (Å²) in [7, 11) is 1.60. The first-order valence-electron chi connectivity index (χ1n) is 12.1. The summed E-state index contributed by atoms with van der Waals surface area (Å²) >= 11 is 14.9. The maximum atomic E-state index is 12.8. The standard InChI is InChI=1S/C30H20Cl2N4O3S2/c1-39-25-10-8-18(13-21(25)26-6-3-11-40-26)27-22(15-33)29(38)36-30(35-27)41-16-17-4-2-5-20(12-17)34-28(37)19-7-9-23(31)24(32)14-19/h2-14H,16H2,1H3,(H,34,37)(H,35,36,38). The number of benzene rings is 3. The highest BCUT2D eigenvalue weighted by Crippen LogP contribution is 2.37. The average molecular weight is 620 g/mol. The molecule has 41 heavy (non-hydrogen) atoms. The number of halogens is 2. The number of hydrogen-bond donors (Lipinski definition) is 2. The summed E-state index contributed by atoms with van der Waals surface area (Å²) in [6.07, 6.45) is 0. The smallest absolute Gasteiger partial charge is 0.270 e. The van der Waals surface area contributed by atoms with Gasteiger partial charge in [-0.1, -0.05) is 53.2 Å². The Bertz CT molecular complexity index is 1850. The van der Waals surface area contributed by atoms with Gasteiger partial charge in [0.25, 0.3) is 11.5 Å². The van der Waals surface area contributed by atoms with Gasteiger partial charge in [-0.25, -0.2) is 4.98 Å². The quantitative estimate of drug-likeness (QED) is 0.135. The van der Waals surface area contributed by atoms with Gasteiger partial charge in [-0.05, 0) is 65.5 Å². The second-order valence-corrected chi connectivity index (χ2v) is 11.4. The molecule has 0 atom stereocenters. The van der Waals surface area contributed by atoms with E-state index >= 15 is 0 Å². The number of amides is 1. The largest absolute Gasteiger partial charge is 0.496 e. The summed E-state index contributed by atoms with van der Waals surface area (Å²) in [4.78, 5) is 33.9. The van der Waals surface area contributed by atoms with Gasteiger partial charge >= 0.3 is 0 Å². The van der Waals surface area contributed by atoms with Gasteiger partial charge in [0, 0.05) is 33.0 Å². The molecule has 0 saturated carbocycles. The maximum absolute atomic E-state index is 12.8. The lowest BCUT2D eigenvalue weighted by atomic mass is 10.0. The van der Waals surface area contributed by atoms with Crippen molar-refractivity contribution in [3.05, 3.63) is 115 Å². The number of methoxy groups -OCH3 is 1. The number of hydrogen-bond acceptors (Lipinski definition) is 7. The fraction of sp³-hybridized carbons (Fsp3) is 0.0667. The number of nitrogens with zero attached hydrogens (tertiary/aromatic N) is 2. The summed E-state index contributed by atoms with van der Waals surface area (Å²) < 4.78 is 5.53. The SMILES string of the molecule is COc1ccc(-c2nc(SCc3cccc(NC(=O)c4ccc(Cl)c(Cl)c4)c3)[nH]c(=O)c2C#N)cc1-c1cccs1. The summed E-state index contributed by atoms with van der Waals surface area (Å²) in [5.74, 6) is 0.811.